The number of hydrogen-bond donors (Lipinski definition) is 2. The summed E-state index contributed by atoms with van der Waals surface area (Å²) in [6.07, 6.45) is 5.28. The third kappa shape index (κ3) is 2.88. The Morgan fingerprint density at radius 1 is 0.893 bits per heavy atom. The van der Waals surface area contributed by atoms with E-state index >= 15 is 0 Å². The molecule has 138 valence electrons. The Kier molecular flexibility index (Phi) is 4.18. The maximum Gasteiger partial charge on any atom is 0.265 e. The van der Waals surface area contributed by atoms with Crippen molar-refractivity contribution >= 4 is 17.5 Å². The molecule has 1 aliphatic heterocycles. The lowest BCUT2D eigenvalue weighted by Crippen LogP contribution is -2.41. The average molecular weight is 387 g/mol. The molecule has 5 nitrogen and oxygen atoms in total. The molecule has 0 fully saturated rings. The van der Waals surface area contributed by atoms with Crippen LogP contribution < -0.4 is 5.32 Å². The molecule has 1 aliphatic rings. The van der Waals surface area contributed by atoms with Crippen LogP contribution in [0.25, 0.3) is 5.76 Å². The van der Waals surface area contributed by atoms with Gasteiger partial charge in [-0.1, -0.05) is 36.0 Å². The van der Waals surface area contributed by atoms with Crippen LogP contribution in [-0.2, 0) is 10.5 Å². The maximum absolute atomic E-state index is 6.57. The number of rotatable bonds is 5. The molecular weight excluding hydrogens is 370 g/mol. The van der Waals surface area contributed by atoms with Gasteiger partial charge >= 0.3 is 0 Å². The standard InChI is InChI=1S/C22H17N3O2S/c1-2-8-16(9-3-1)28-21-20(17-10-7-15-26-17)27-22(25-21,19-12-6-14-24-19)18-11-4-5-13-23-18/h1-15,24-25H. The summed E-state index contributed by atoms with van der Waals surface area (Å²) in [6, 6.07) is 23.6. The summed E-state index contributed by atoms with van der Waals surface area (Å²) >= 11 is 1.59. The van der Waals surface area contributed by atoms with Crippen molar-refractivity contribution in [2.45, 2.75) is 10.6 Å². The molecule has 28 heavy (non-hydrogen) atoms. The number of aromatic amines is 1. The first kappa shape index (κ1) is 16.8. The number of nitrogens with zero attached hydrogens (tertiary/aromatic N) is 1. The summed E-state index contributed by atoms with van der Waals surface area (Å²) in [7, 11) is 0. The molecule has 6 heteroatoms. The average Bonchev–Trinajstić information content (AvgIpc) is 3.50. The number of pyridine rings is 1. The van der Waals surface area contributed by atoms with Gasteiger partial charge in [0.05, 0.1) is 12.0 Å². The van der Waals surface area contributed by atoms with Crippen LogP contribution in [0, 0.1) is 0 Å². The van der Waals surface area contributed by atoms with Crippen LogP contribution in [0.4, 0.5) is 0 Å². The van der Waals surface area contributed by atoms with Crippen molar-refractivity contribution in [2.75, 3.05) is 0 Å². The number of thioether (sulfide) groups is 1. The van der Waals surface area contributed by atoms with Crippen LogP contribution >= 0.6 is 11.8 Å². The van der Waals surface area contributed by atoms with Gasteiger partial charge in [-0.2, -0.15) is 0 Å². The van der Waals surface area contributed by atoms with Gasteiger partial charge < -0.3 is 19.5 Å². The molecule has 0 saturated carbocycles. The second kappa shape index (κ2) is 6.98. The Morgan fingerprint density at radius 3 is 2.50 bits per heavy atom. The van der Waals surface area contributed by atoms with Crippen LogP contribution in [0.15, 0.2) is 106 Å². The predicted molar refractivity (Wildman–Crippen MR) is 108 cm³/mol. The number of H-pyrrole nitrogens is 1. The van der Waals surface area contributed by atoms with Crippen LogP contribution in [0.3, 0.4) is 0 Å². The van der Waals surface area contributed by atoms with Crippen molar-refractivity contribution in [3.63, 3.8) is 0 Å². The number of furan rings is 1. The minimum absolute atomic E-state index is 0.652. The summed E-state index contributed by atoms with van der Waals surface area (Å²) in [5.41, 5.74) is 0.647. The van der Waals surface area contributed by atoms with Gasteiger partial charge in [-0.25, -0.2) is 0 Å². The number of benzene rings is 1. The Morgan fingerprint density at radius 2 is 1.79 bits per heavy atom. The molecule has 1 unspecified atom stereocenters. The largest absolute Gasteiger partial charge is 0.461 e. The molecule has 0 aliphatic carbocycles. The van der Waals surface area contributed by atoms with Crippen LogP contribution in [0.5, 0.6) is 0 Å². The van der Waals surface area contributed by atoms with Crippen molar-refractivity contribution < 1.29 is 9.15 Å². The molecule has 4 aromatic rings. The molecule has 0 saturated heterocycles. The van der Waals surface area contributed by atoms with Gasteiger partial charge in [-0.05, 0) is 48.5 Å². The van der Waals surface area contributed by atoms with Crippen molar-refractivity contribution in [2.24, 2.45) is 0 Å². The molecular formula is C22H17N3O2S. The van der Waals surface area contributed by atoms with Gasteiger partial charge in [0, 0.05) is 17.3 Å². The third-order valence-corrected chi connectivity index (χ3v) is 5.46. The zero-order chi connectivity index (χ0) is 18.8. The fourth-order valence-electron chi connectivity index (χ4n) is 3.19. The highest BCUT2D eigenvalue weighted by Crippen LogP contribution is 2.46. The maximum atomic E-state index is 6.57. The highest BCUT2D eigenvalue weighted by Gasteiger charge is 2.47. The molecule has 3 aromatic heterocycles. The molecule has 5 rings (SSSR count). The van der Waals surface area contributed by atoms with Crippen LogP contribution in [0.2, 0.25) is 0 Å². The Hall–Kier alpha value is -3.38. The molecule has 0 spiro atoms. The highest BCUT2D eigenvalue weighted by molar-refractivity contribution is 8.03. The van der Waals surface area contributed by atoms with E-state index in [0.29, 0.717) is 11.5 Å². The molecule has 0 amide bonds. The highest BCUT2D eigenvalue weighted by atomic mass is 32.2. The second-order valence-corrected chi connectivity index (χ2v) is 7.34. The quantitative estimate of drug-likeness (QED) is 0.508. The molecule has 0 bridgehead atoms. The number of hydrogen-bond acceptors (Lipinski definition) is 5. The molecule has 0 radical (unpaired) electrons. The van der Waals surface area contributed by atoms with Gasteiger partial charge in [0.15, 0.2) is 11.5 Å². The third-order valence-electron chi connectivity index (χ3n) is 4.46. The van der Waals surface area contributed by atoms with E-state index in [4.69, 9.17) is 9.15 Å². The van der Waals surface area contributed by atoms with E-state index in [9.17, 15) is 0 Å². The van der Waals surface area contributed by atoms with Crippen molar-refractivity contribution in [1.29, 1.82) is 0 Å². The van der Waals surface area contributed by atoms with E-state index in [2.05, 4.69) is 27.4 Å². The number of nitrogens with one attached hydrogen (secondary N) is 2. The first-order valence-electron chi connectivity index (χ1n) is 8.89. The lowest BCUT2D eigenvalue weighted by Gasteiger charge is -2.28. The molecule has 2 N–H and O–H groups in total. The van der Waals surface area contributed by atoms with Gasteiger partial charge in [-0.3, -0.25) is 4.98 Å². The summed E-state index contributed by atoms with van der Waals surface area (Å²) in [6.45, 7) is 0. The van der Waals surface area contributed by atoms with Gasteiger partial charge in [0.25, 0.3) is 5.72 Å². The van der Waals surface area contributed by atoms with E-state index in [1.807, 2.05) is 66.9 Å². The van der Waals surface area contributed by atoms with Crippen molar-refractivity contribution in [3.8, 4) is 0 Å². The summed E-state index contributed by atoms with van der Waals surface area (Å²) < 4.78 is 12.2. The molecule has 4 heterocycles. The normalized spacial score (nSPS) is 18.7. The summed E-state index contributed by atoms with van der Waals surface area (Å²) in [5, 5.41) is 4.44. The Bertz CT molecular complexity index is 1080. The van der Waals surface area contributed by atoms with Crippen LogP contribution in [-0.4, -0.2) is 9.97 Å². The zero-order valence-corrected chi connectivity index (χ0v) is 15.6. The number of ether oxygens (including phenoxy) is 1. The summed E-state index contributed by atoms with van der Waals surface area (Å²) in [4.78, 5) is 8.94. The van der Waals surface area contributed by atoms with Crippen molar-refractivity contribution in [3.05, 3.63) is 114 Å². The topological polar surface area (TPSA) is 63.1 Å². The van der Waals surface area contributed by atoms with Crippen LogP contribution in [0.1, 0.15) is 17.1 Å². The van der Waals surface area contributed by atoms with Gasteiger partial charge in [0.2, 0.25) is 0 Å². The smallest absolute Gasteiger partial charge is 0.265 e. The number of aromatic nitrogens is 2. The Balaban J connectivity index is 1.62. The SMILES string of the molecule is c1ccc(SC2=C(c3ccco3)OC(c3ccccn3)(c3ccc[nH]3)N2)cc1. The van der Waals surface area contributed by atoms with E-state index in [-0.39, 0.29) is 0 Å². The second-order valence-electron chi connectivity index (χ2n) is 6.26. The molecule has 1 aromatic carbocycles. The van der Waals surface area contributed by atoms with E-state index < -0.39 is 5.72 Å². The van der Waals surface area contributed by atoms with E-state index in [1.165, 1.54) is 0 Å². The first-order valence-corrected chi connectivity index (χ1v) is 9.70. The fraction of sp³-hybridized carbons (Fsp3) is 0.0455. The van der Waals surface area contributed by atoms with Crippen molar-refractivity contribution in [1.82, 2.24) is 15.3 Å². The predicted octanol–water partition coefficient (Wildman–Crippen LogP) is 4.94. The first-order chi connectivity index (χ1) is 13.9. The lowest BCUT2D eigenvalue weighted by molar-refractivity contribution is 0.0675. The van der Waals surface area contributed by atoms with Gasteiger partial charge in [0.1, 0.15) is 10.7 Å². The monoisotopic (exact) mass is 387 g/mol. The zero-order valence-electron chi connectivity index (χ0n) is 14.8. The minimum Gasteiger partial charge on any atom is -0.461 e. The lowest BCUT2D eigenvalue weighted by atomic mass is 10.1. The molecule has 1 atom stereocenters. The van der Waals surface area contributed by atoms with E-state index in [0.717, 1.165) is 21.3 Å². The fourth-order valence-corrected chi connectivity index (χ4v) is 4.15. The summed E-state index contributed by atoms with van der Waals surface area (Å²) in [5.74, 6) is 1.31. The van der Waals surface area contributed by atoms with E-state index in [1.54, 1.807) is 24.2 Å². The minimum atomic E-state index is -0.968. The Labute approximate surface area is 166 Å². The van der Waals surface area contributed by atoms with Gasteiger partial charge in [-0.15, -0.1) is 0 Å².